The second-order valence-corrected chi connectivity index (χ2v) is 8.38. The molecule has 0 radical (unpaired) electrons. The highest BCUT2D eigenvalue weighted by atomic mass is 32.2. The summed E-state index contributed by atoms with van der Waals surface area (Å²) in [7, 11) is -3.14. The van der Waals surface area contributed by atoms with Gasteiger partial charge in [0.15, 0.2) is 9.84 Å². The van der Waals surface area contributed by atoms with Crippen molar-refractivity contribution in [3.63, 3.8) is 0 Å². The van der Waals surface area contributed by atoms with Crippen molar-refractivity contribution >= 4 is 21.2 Å². The third-order valence-corrected chi connectivity index (χ3v) is 5.71. The Morgan fingerprint density at radius 3 is 2.71 bits per heavy atom. The van der Waals surface area contributed by atoms with Gasteiger partial charge >= 0.3 is 0 Å². The summed E-state index contributed by atoms with van der Waals surface area (Å²) >= 11 is 1.67. The third-order valence-electron chi connectivity index (χ3n) is 3.71. The van der Waals surface area contributed by atoms with E-state index in [1.165, 1.54) is 19.1 Å². The number of rotatable bonds is 4. The topological polar surface area (TPSA) is 59.1 Å². The lowest BCUT2D eigenvalue weighted by Crippen LogP contribution is -2.23. The average Bonchev–Trinajstić information content (AvgIpc) is 3.10. The number of benzene rings is 1. The van der Waals surface area contributed by atoms with E-state index in [0.29, 0.717) is 10.9 Å². The van der Waals surface area contributed by atoms with Gasteiger partial charge in [-0.25, -0.2) is 13.4 Å². The van der Waals surface area contributed by atoms with Crippen LogP contribution in [0.2, 0.25) is 0 Å². The minimum Gasteiger partial charge on any atom is -0.314 e. The molecule has 0 aliphatic carbocycles. The molecule has 0 bridgehead atoms. The van der Waals surface area contributed by atoms with Crippen molar-refractivity contribution in [3.05, 3.63) is 34.7 Å². The van der Waals surface area contributed by atoms with E-state index in [4.69, 9.17) is 0 Å². The second-order valence-electron chi connectivity index (χ2n) is 5.42. The summed E-state index contributed by atoms with van der Waals surface area (Å²) in [6.45, 7) is 1.11. The Morgan fingerprint density at radius 1 is 1.33 bits per heavy atom. The molecule has 0 saturated carbocycles. The van der Waals surface area contributed by atoms with Crippen LogP contribution in [0.15, 0.2) is 34.5 Å². The molecular formula is C15H18N2O2S2. The molecule has 1 aliphatic heterocycles. The fourth-order valence-corrected chi connectivity index (χ4v) is 4.07. The van der Waals surface area contributed by atoms with Gasteiger partial charge in [-0.2, -0.15) is 0 Å². The number of sulfone groups is 1. The molecule has 1 N–H and O–H groups in total. The van der Waals surface area contributed by atoms with Crippen LogP contribution < -0.4 is 5.32 Å². The zero-order chi connectivity index (χ0) is 14.9. The van der Waals surface area contributed by atoms with Crippen molar-refractivity contribution in [3.8, 4) is 11.3 Å². The van der Waals surface area contributed by atoms with Crippen molar-refractivity contribution in [2.75, 3.05) is 12.8 Å². The van der Waals surface area contributed by atoms with Gasteiger partial charge in [-0.1, -0.05) is 12.1 Å². The molecule has 0 amide bonds. The minimum absolute atomic E-state index is 0.344. The number of hydrogen-bond donors (Lipinski definition) is 1. The Morgan fingerprint density at radius 2 is 2.10 bits per heavy atom. The summed E-state index contributed by atoms with van der Waals surface area (Å²) in [6.07, 6.45) is 4.66. The first-order chi connectivity index (χ1) is 10.0. The van der Waals surface area contributed by atoms with Crippen LogP contribution in [0.5, 0.6) is 0 Å². The highest BCUT2D eigenvalue weighted by Crippen LogP contribution is 2.25. The maximum atomic E-state index is 11.5. The number of hydrogen-bond acceptors (Lipinski definition) is 5. The summed E-state index contributed by atoms with van der Waals surface area (Å²) in [6, 6.07) is 7.48. The fraction of sp³-hybridized carbons (Fsp3) is 0.400. The summed E-state index contributed by atoms with van der Waals surface area (Å²) in [5.74, 6) is 0. The standard InChI is InChI=1S/C15H18N2O2S2/c1-21(18,19)13-6-4-11(5-7-13)14-10-20-15(17-14)9-12-3-2-8-16-12/h4-7,10,12,16H,2-3,8-9H2,1H3. The monoisotopic (exact) mass is 322 g/mol. The van der Waals surface area contributed by atoms with Crippen LogP contribution in [0.4, 0.5) is 0 Å². The van der Waals surface area contributed by atoms with Crippen molar-refractivity contribution < 1.29 is 8.42 Å². The van der Waals surface area contributed by atoms with Crippen LogP contribution in [0, 0.1) is 0 Å². The van der Waals surface area contributed by atoms with Crippen molar-refractivity contribution in [1.29, 1.82) is 0 Å². The molecule has 21 heavy (non-hydrogen) atoms. The quantitative estimate of drug-likeness (QED) is 0.939. The van der Waals surface area contributed by atoms with E-state index >= 15 is 0 Å². The molecule has 112 valence electrons. The van der Waals surface area contributed by atoms with Gasteiger partial charge in [-0.15, -0.1) is 11.3 Å². The maximum Gasteiger partial charge on any atom is 0.175 e. The van der Waals surface area contributed by atoms with Gasteiger partial charge in [0, 0.05) is 29.7 Å². The number of nitrogens with one attached hydrogen (secondary N) is 1. The summed E-state index contributed by atoms with van der Waals surface area (Å²) in [4.78, 5) is 5.01. The lowest BCUT2D eigenvalue weighted by Gasteiger charge is -2.06. The predicted octanol–water partition coefficient (Wildman–Crippen LogP) is 2.51. The molecule has 1 aliphatic rings. The molecular weight excluding hydrogens is 304 g/mol. The van der Waals surface area contributed by atoms with Crippen molar-refractivity contribution in [2.45, 2.75) is 30.2 Å². The Kier molecular flexibility index (Phi) is 4.10. The van der Waals surface area contributed by atoms with Crippen LogP contribution in [0.3, 0.4) is 0 Å². The molecule has 1 atom stereocenters. The van der Waals surface area contributed by atoms with Crippen LogP contribution in [-0.2, 0) is 16.3 Å². The fourth-order valence-electron chi connectivity index (χ4n) is 2.55. The average molecular weight is 322 g/mol. The van der Waals surface area contributed by atoms with Gasteiger partial charge in [0.05, 0.1) is 15.6 Å². The van der Waals surface area contributed by atoms with E-state index in [2.05, 4.69) is 10.3 Å². The second kappa shape index (κ2) is 5.87. The normalized spacial score (nSPS) is 19.0. The molecule has 1 aromatic carbocycles. The van der Waals surface area contributed by atoms with Gasteiger partial charge < -0.3 is 5.32 Å². The number of nitrogens with zero attached hydrogens (tertiary/aromatic N) is 1. The molecule has 2 aromatic rings. The molecule has 3 rings (SSSR count). The molecule has 0 spiro atoms. The van der Waals surface area contributed by atoms with E-state index < -0.39 is 9.84 Å². The summed E-state index contributed by atoms with van der Waals surface area (Å²) in [5, 5.41) is 6.66. The predicted molar refractivity (Wildman–Crippen MR) is 85.4 cm³/mol. The van der Waals surface area contributed by atoms with Gasteiger partial charge in [0.1, 0.15) is 0 Å². The first kappa shape index (κ1) is 14.7. The van der Waals surface area contributed by atoms with E-state index in [1.807, 2.05) is 17.5 Å². The van der Waals surface area contributed by atoms with Crippen LogP contribution in [0.25, 0.3) is 11.3 Å². The summed E-state index contributed by atoms with van der Waals surface area (Å²) in [5.41, 5.74) is 1.89. The molecule has 1 fully saturated rings. The zero-order valence-corrected chi connectivity index (χ0v) is 13.5. The Bertz CT molecular complexity index is 714. The molecule has 1 saturated heterocycles. The molecule has 2 heterocycles. The Labute approximate surface area is 129 Å². The summed E-state index contributed by atoms with van der Waals surface area (Å²) < 4.78 is 22.9. The lowest BCUT2D eigenvalue weighted by atomic mass is 10.1. The van der Waals surface area contributed by atoms with Gasteiger partial charge in [0.2, 0.25) is 0 Å². The van der Waals surface area contributed by atoms with Crippen molar-refractivity contribution in [2.24, 2.45) is 0 Å². The van der Waals surface area contributed by atoms with Gasteiger partial charge in [-0.05, 0) is 31.5 Å². The van der Waals surface area contributed by atoms with Crippen LogP contribution in [-0.4, -0.2) is 32.2 Å². The highest BCUT2D eigenvalue weighted by Gasteiger charge is 2.16. The third kappa shape index (κ3) is 3.51. The lowest BCUT2D eigenvalue weighted by molar-refractivity contribution is 0.601. The van der Waals surface area contributed by atoms with E-state index in [9.17, 15) is 8.42 Å². The maximum absolute atomic E-state index is 11.5. The molecule has 4 nitrogen and oxygen atoms in total. The molecule has 1 unspecified atom stereocenters. The molecule has 6 heteroatoms. The van der Waals surface area contributed by atoms with Crippen molar-refractivity contribution in [1.82, 2.24) is 10.3 Å². The highest BCUT2D eigenvalue weighted by molar-refractivity contribution is 7.90. The van der Waals surface area contributed by atoms with E-state index in [0.717, 1.165) is 29.2 Å². The van der Waals surface area contributed by atoms with E-state index in [-0.39, 0.29) is 0 Å². The Balaban J connectivity index is 1.76. The first-order valence-corrected chi connectivity index (χ1v) is 9.78. The van der Waals surface area contributed by atoms with Gasteiger partial charge in [0.25, 0.3) is 0 Å². The first-order valence-electron chi connectivity index (χ1n) is 7.01. The van der Waals surface area contributed by atoms with E-state index in [1.54, 1.807) is 23.5 Å². The largest absolute Gasteiger partial charge is 0.314 e. The zero-order valence-electron chi connectivity index (χ0n) is 11.9. The number of aromatic nitrogens is 1. The molecule has 1 aromatic heterocycles. The van der Waals surface area contributed by atoms with Crippen LogP contribution in [0.1, 0.15) is 17.8 Å². The smallest absolute Gasteiger partial charge is 0.175 e. The van der Waals surface area contributed by atoms with Gasteiger partial charge in [-0.3, -0.25) is 0 Å². The number of thiazole rings is 1. The Hall–Kier alpha value is -1.24. The van der Waals surface area contributed by atoms with Crippen LogP contribution >= 0.6 is 11.3 Å². The minimum atomic E-state index is -3.14. The SMILES string of the molecule is CS(=O)(=O)c1ccc(-c2csc(CC3CCCN3)n2)cc1.